The van der Waals surface area contributed by atoms with Crippen molar-refractivity contribution in [3.8, 4) is 33.8 Å². The Morgan fingerprint density at radius 1 is 1.00 bits per heavy atom. The molecule has 0 aliphatic heterocycles. The molecule has 0 saturated carbocycles. The number of unbranched alkanes of at least 4 members (excludes halogenated alkanes) is 1. The quantitative estimate of drug-likeness (QED) is 0.248. The van der Waals surface area contributed by atoms with Gasteiger partial charge in [0.05, 0.1) is 17.3 Å². The Morgan fingerprint density at radius 3 is 2.76 bits per heavy atom. The number of nitrogens with one attached hydrogen (secondary N) is 3. The summed E-state index contributed by atoms with van der Waals surface area (Å²) in [6.07, 6.45) is 9.00. The van der Waals surface area contributed by atoms with Crippen LogP contribution < -0.4 is 5.32 Å². The number of hydrogen-bond acceptors (Lipinski definition) is 6. The van der Waals surface area contributed by atoms with Gasteiger partial charge in [0.2, 0.25) is 5.91 Å². The average Bonchev–Trinajstić information content (AvgIpc) is 3.55. The van der Waals surface area contributed by atoms with Crippen molar-refractivity contribution < 1.29 is 9.18 Å². The van der Waals surface area contributed by atoms with Crippen LogP contribution in [-0.2, 0) is 4.79 Å². The Hall–Kier alpha value is -4.99. The summed E-state index contributed by atoms with van der Waals surface area (Å²) in [5, 5.41) is 11.1. The highest BCUT2D eigenvalue weighted by molar-refractivity contribution is 5.96. The second kappa shape index (κ2) is 9.81. The predicted octanol–water partition coefficient (Wildman–Crippen LogP) is 5.89. The van der Waals surface area contributed by atoms with Gasteiger partial charge in [-0.1, -0.05) is 25.5 Å². The van der Waals surface area contributed by atoms with Gasteiger partial charge >= 0.3 is 0 Å². The number of halogens is 1. The molecule has 188 valence electrons. The summed E-state index contributed by atoms with van der Waals surface area (Å²) < 4.78 is 13.9. The number of aromatic nitrogens is 7. The molecule has 5 heterocycles. The molecule has 10 heteroatoms. The predicted molar refractivity (Wildman–Crippen MR) is 144 cm³/mol. The first-order chi connectivity index (χ1) is 18.6. The van der Waals surface area contributed by atoms with E-state index in [4.69, 9.17) is 4.98 Å². The number of nitrogens with zero attached hydrogens (tertiary/aromatic N) is 5. The highest BCUT2D eigenvalue weighted by Gasteiger charge is 2.17. The normalized spacial score (nSPS) is 11.3. The van der Waals surface area contributed by atoms with Gasteiger partial charge in [-0.2, -0.15) is 5.10 Å². The third-order valence-corrected chi connectivity index (χ3v) is 6.27. The average molecular weight is 507 g/mol. The first kappa shape index (κ1) is 23.4. The van der Waals surface area contributed by atoms with Crippen LogP contribution in [0.2, 0.25) is 0 Å². The number of imidazole rings is 1. The van der Waals surface area contributed by atoms with Crippen molar-refractivity contribution in [2.75, 3.05) is 5.32 Å². The van der Waals surface area contributed by atoms with Gasteiger partial charge in [0.1, 0.15) is 17.0 Å². The highest BCUT2D eigenvalue weighted by atomic mass is 19.1. The number of pyridine rings is 3. The molecule has 5 aromatic heterocycles. The third kappa shape index (κ3) is 4.47. The molecule has 0 atom stereocenters. The van der Waals surface area contributed by atoms with Gasteiger partial charge in [0, 0.05) is 41.7 Å². The summed E-state index contributed by atoms with van der Waals surface area (Å²) >= 11 is 0. The van der Waals surface area contributed by atoms with Gasteiger partial charge in [-0.15, -0.1) is 0 Å². The first-order valence-electron chi connectivity index (χ1n) is 12.3. The Balaban J connectivity index is 1.37. The lowest BCUT2D eigenvalue weighted by Crippen LogP contribution is -2.11. The molecule has 9 nitrogen and oxygen atoms in total. The molecule has 6 rings (SSSR count). The van der Waals surface area contributed by atoms with E-state index in [0.717, 1.165) is 34.9 Å². The molecule has 0 spiro atoms. The largest absolute Gasteiger partial charge is 0.325 e. The number of aromatic amines is 2. The van der Waals surface area contributed by atoms with E-state index in [0.29, 0.717) is 46.0 Å². The van der Waals surface area contributed by atoms with Crippen LogP contribution in [0.1, 0.15) is 26.2 Å². The van der Waals surface area contributed by atoms with Crippen LogP contribution >= 0.6 is 0 Å². The second-order valence-corrected chi connectivity index (χ2v) is 8.96. The smallest absolute Gasteiger partial charge is 0.224 e. The van der Waals surface area contributed by atoms with Crippen LogP contribution in [-0.4, -0.2) is 41.0 Å². The number of fused-ring (bicyclic) bond motifs is 2. The van der Waals surface area contributed by atoms with Crippen LogP contribution in [0.5, 0.6) is 0 Å². The van der Waals surface area contributed by atoms with E-state index < -0.39 is 0 Å². The van der Waals surface area contributed by atoms with Crippen molar-refractivity contribution >= 4 is 33.8 Å². The number of carbonyl (C=O) groups is 1. The SMILES string of the molecule is CCCCC(=O)Nc1cncc(-c2cnc3[nH]nc(-c4nc5c(-c6cccc(F)c6)ccnc5[nH]4)c3c2)c1. The van der Waals surface area contributed by atoms with Crippen LogP contribution in [0.15, 0.2) is 67.3 Å². The van der Waals surface area contributed by atoms with E-state index in [1.807, 2.05) is 31.2 Å². The number of hydrogen-bond donors (Lipinski definition) is 3. The summed E-state index contributed by atoms with van der Waals surface area (Å²) in [6.45, 7) is 2.05. The number of anilines is 1. The monoisotopic (exact) mass is 506 g/mol. The molecule has 0 saturated heterocycles. The lowest BCUT2D eigenvalue weighted by molar-refractivity contribution is -0.116. The maximum absolute atomic E-state index is 13.9. The van der Waals surface area contributed by atoms with Gasteiger partial charge in [-0.3, -0.25) is 14.9 Å². The van der Waals surface area contributed by atoms with Crippen LogP contribution in [0.3, 0.4) is 0 Å². The molecule has 0 unspecified atom stereocenters. The van der Waals surface area contributed by atoms with E-state index >= 15 is 0 Å². The second-order valence-electron chi connectivity index (χ2n) is 8.96. The van der Waals surface area contributed by atoms with Crippen molar-refractivity contribution in [3.05, 3.63) is 73.1 Å². The summed E-state index contributed by atoms with van der Waals surface area (Å²) in [5.74, 6) is 0.156. The summed E-state index contributed by atoms with van der Waals surface area (Å²) in [7, 11) is 0. The zero-order valence-electron chi connectivity index (χ0n) is 20.5. The molecule has 6 aromatic rings. The molecule has 0 radical (unpaired) electrons. The fourth-order valence-corrected chi connectivity index (χ4v) is 4.38. The number of benzene rings is 1. The Kier molecular flexibility index (Phi) is 6.04. The lowest BCUT2D eigenvalue weighted by Gasteiger charge is -2.07. The van der Waals surface area contributed by atoms with Crippen molar-refractivity contribution in [2.24, 2.45) is 0 Å². The van der Waals surface area contributed by atoms with Crippen molar-refractivity contribution in [1.29, 1.82) is 0 Å². The maximum Gasteiger partial charge on any atom is 0.224 e. The number of rotatable bonds is 7. The molecule has 1 amide bonds. The van der Waals surface area contributed by atoms with E-state index in [1.165, 1.54) is 12.1 Å². The highest BCUT2D eigenvalue weighted by Crippen LogP contribution is 2.32. The molecule has 0 fully saturated rings. The van der Waals surface area contributed by atoms with Gasteiger partial charge in [0.15, 0.2) is 17.1 Å². The minimum Gasteiger partial charge on any atom is -0.325 e. The molecule has 3 N–H and O–H groups in total. The lowest BCUT2D eigenvalue weighted by atomic mass is 10.1. The molecular weight excluding hydrogens is 483 g/mol. The molecule has 0 aliphatic carbocycles. The van der Waals surface area contributed by atoms with Gasteiger partial charge in [-0.25, -0.2) is 19.3 Å². The molecule has 1 aromatic carbocycles. The van der Waals surface area contributed by atoms with Crippen molar-refractivity contribution in [2.45, 2.75) is 26.2 Å². The van der Waals surface area contributed by atoms with Gasteiger partial charge in [-0.05, 0) is 42.3 Å². The molecule has 0 bridgehead atoms. The molecule has 0 aliphatic rings. The molecular formula is C28H23FN8O. The van der Waals surface area contributed by atoms with Crippen molar-refractivity contribution in [3.63, 3.8) is 0 Å². The van der Waals surface area contributed by atoms with E-state index in [1.54, 1.807) is 30.9 Å². The summed E-state index contributed by atoms with van der Waals surface area (Å²) in [6, 6.07) is 12.0. The topological polar surface area (TPSA) is 125 Å². The van der Waals surface area contributed by atoms with Crippen LogP contribution in [0.25, 0.3) is 56.0 Å². The maximum atomic E-state index is 13.9. The van der Waals surface area contributed by atoms with E-state index in [2.05, 4.69) is 35.5 Å². The number of amides is 1. The summed E-state index contributed by atoms with van der Waals surface area (Å²) in [4.78, 5) is 33.4. The molecule has 38 heavy (non-hydrogen) atoms. The van der Waals surface area contributed by atoms with Crippen LogP contribution in [0, 0.1) is 5.82 Å². The minimum atomic E-state index is -0.320. The Bertz CT molecular complexity index is 1790. The fourth-order valence-electron chi connectivity index (χ4n) is 4.38. The minimum absolute atomic E-state index is 0.0346. The van der Waals surface area contributed by atoms with E-state index in [9.17, 15) is 9.18 Å². The Labute approximate surface area is 216 Å². The van der Waals surface area contributed by atoms with Gasteiger partial charge < -0.3 is 10.3 Å². The number of carbonyl (C=O) groups excluding carboxylic acids is 1. The number of H-pyrrole nitrogens is 2. The first-order valence-corrected chi connectivity index (χ1v) is 12.3. The van der Waals surface area contributed by atoms with Crippen LogP contribution in [0.4, 0.5) is 10.1 Å². The summed E-state index contributed by atoms with van der Waals surface area (Å²) in [5.41, 5.74) is 6.08. The van der Waals surface area contributed by atoms with Crippen molar-refractivity contribution in [1.82, 2.24) is 35.1 Å². The standard InChI is InChI=1S/C28H23FN8O/c1-2-3-7-23(38)33-20-11-17(13-30-15-20)18-12-22-25(36-37-26(22)32-14-18)28-34-24-21(8-9-31-27(24)35-28)16-5-4-6-19(29)10-16/h4-6,8-15H,2-3,7H2,1H3,(H,33,38)(H,31,34,35)(H,32,36,37). The van der Waals surface area contributed by atoms with E-state index in [-0.39, 0.29) is 11.7 Å². The zero-order valence-corrected chi connectivity index (χ0v) is 20.5. The van der Waals surface area contributed by atoms with Gasteiger partial charge in [0.25, 0.3) is 0 Å². The Morgan fingerprint density at radius 2 is 1.89 bits per heavy atom. The zero-order chi connectivity index (χ0) is 26.1. The third-order valence-electron chi connectivity index (χ3n) is 6.27. The fraction of sp³-hybridized carbons (Fsp3) is 0.143.